The highest BCUT2D eigenvalue weighted by atomic mass is 32.1. The van der Waals surface area contributed by atoms with Crippen LogP contribution in [0.5, 0.6) is 0 Å². The van der Waals surface area contributed by atoms with Crippen LogP contribution in [0.15, 0.2) is 12.7 Å². The third-order valence-corrected chi connectivity index (χ3v) is 3.24. The molecule has 0 aliphatic carbocycles. The van der Waals surface area contributed by atoms with E-state index >= 15 is 0 Å². The van der Waals surface area contributed by atoms with Crippen LogP contribution < -0.4 is 16.0 Å². The van der Waals surface area contributed by atoms with Crippen LogP contribution in [0.4, 0.5) is 10.9 Å². The van der Waals surface area contributed by atoms with Gasteiger partial charge in [0.2, 0.25) is 0 Å². The van der Waals surface area contributed by atoms with Crippen molar-refractivity contribution in [1.82, 2.24) is 10.3 Å². The number of hydrogen-bond donors (Lipinski definition) is 2. The molecule has 16 heavy (non-hydrogen) atoms. The number of thiazole rings is 1. The van der Waals surface area contributed by atoms with E-state index in [4.69, 9.17) is 5.73 Å². The number of nitrogen functional groups attached to an aromatic ring is 1. The third kappa shape index (κ3) is 2.73. The molecule has 0 aromatic carbocycles. The molecule has 0 aliphatic heterocycles. The molecule has 0 saturated carbocycles. The van der Waals surface area contributed by atoms with Gasteiger partial charge in [0.15, 0.2) is 5.13 Å². The van der Waals surface area contributed by atoms with Gasteiger partial charge in [0.1, 0.15) is 10.7 Å². The Morgan fingerprint density at radius 3 is 3.00 bits per heavy atom. The Bertz CT molecular complexity index is 388. The first kappa shape index (κ1) is 12.5. The number of nitrogens with two attached hydrogens (primary N) is 1. The van der Waals surface area contributed by atoms with Gasteiger partial charge < -0.3 is 16.0 Å². The maximum absolute atomic E-state index is 11.7. The number of rotatable bonds is 5. The van der Waals surface area contributed by atoms with Gasteiger partial charge >= 0.3 is 0 Å². The Hall–Kier alpha value is -1.56. The molecule has 1 amide bonds. The number of nitrogens with one attached hydrogen (secondary N) is 1. The molecule has 0 radical (unpaired) electrons. The van der Waals surface area contributed by atoms with Crippen molar-refractivity contribution in [2.24, 2.45) is 0 Å². The highest BCUT2D eigenvalue weighted by Crippen LogP contribution is 2.26. The summed E-state index contributed by atoms with van der Waals surface area (Å²) in [5.74, 6) is 0.0764. The summed E-state index contributed by atoms with van der Waals surface area (Å²) in [6.07, 6.45) is 1.62. The zero-order valence-electron chi connectivity index (χ0n) is 9.49. The molecule has 5 nitrogen and oxygen atoms in total. The van der Waals surface area contributed by atoms with Crippen molar-refractivity contribution in [3.63, 3.8) is 0 Å². The first-order chi connectivity index (χ1) is 7.60. The first-order valence-corrected chi connectivity index (χ1v) is 5.78. The molecule has 0 fully saturated rings. The lowest BCUT2D eigenvalue weighted by atomic mass is 10.4. The molecule has 3 N–H and O–H groups in total. The van der Waals surface area contributed by atoms with Crippen molar-refractivity contribution in [3.8, 4) is 0 Å². The van der Waals surface area contributed by atoms with E-state index in [1.807, 2.05) is 18.9 Å². The fourth-order valence-corrected chi connectivity index (χ4v) is 1.95. The summed E-state index contributed by atoms with van der Waals surface area (Å²) in [6, 6.07) is 0. The largest absolute Gasteiger partial charge is 0.382 e. The summed E-state index contributed by atoms with van der Waals surface area (Å²) in [7, 11) is 1.91. The molecule has 0 saturated heterocycles. The molecule has 0 aliphatic rings. The fourth-order valence-electron chi connectivity index (χ4n) is 1.03. The van der Waals surface area contributed by atoms with E-state index < -0.39 is 0 Å². The minimum Gasteiger partial charge on any atom is -0.382 e. The first-order valence-electron chi connectivity index (χ1n) is 4.96. The fraction of sp³-hybridized carbons (Fsp3) is 0.400. The van der Waals surface area contributed by atoms with Gasteiger partial charge in [0, 0.05) is 20.1 Å². The molecule has 1 rings (SSSR count). The van der Waals surface area contributed by atoms with Gasteiger partial charge in [-0.25, -0.2) is 4.98 Å². The van der Waals surface area contributed by atoms with Gasteiger partial charge in [0.05, 0.1) is 0 Å². The molecule has 1 aromatic heterocycles. The van der Waals surface area contributed by atoms with Crippen molar-refractivity contribution in [2.75, 3.05) is 30.8 Å². The summed E-state index contributed by atoms with van der Waals surface area (Å²) in [6.45, 7) is 6.78. The lowest BCUT2D eigenvalue weighted by Crippen LogP contribution is -2.23. The number of hydrogen-bond acceptors (Lipinski definition) is 5. The van der Waals surface area contributed by atoms with E-state index in [-0.39, 0.29) is 11.7 Å². The molecular formula is C10H16N4OS. The third-order valence-electron chi connectivity index (χ3n) is 2.06. The van der Waals surface area contributed by atoms with Crippen molar-refractivity contribution in [2.45, 2.75) is 6.92 Å². The normalized spacial score (nSPS) is 9.88. The molecule has 0 spiro atoms. The Labute approximate surface area is 99.0 Å². The second kappa shape index (κ2) is 5.50. The lowest BCUT2D eigenvalue weighted by Gasteiger charge is -2.10. The van der Waals surface area contributed by atoms with Crippen LogP contribution in [0.25, 0.3) is 0 Å². The summed E-state index contributed by atoms with van der Waals surface area (Å²) in [5.41, 5.74) is 5.69. The predicted octanol–water partition coefficient (Wildman–Crippen LogP) is 1.10. The van der Waals surface area contributed by atoms with Gasteiger partial charge in [-0.2, -0.15) is 0 Å². The molecule has 0 unspecified atom stereocenters. The van der Waals surface area contributed by atoms with Gasteiger partial charge in [0.25, 0.3) is 5.91 Å². The summed E-state index contributed by atoms with van der Waals surface area (Å²) >= 11 is 1.29. The van der Waals surface area contributed by atoms with Crippen molar-refractivity contribution >= 4 is 28.2 Å². The van der Waals surface area contributed by atoms with Crippen LogP contribution >= 0.6 is 11.3 Å². The zero-order valence-corrected chi connectivity index (χ0v) is 10.3. The average molecular weight is 240 g/mol. The summed E-state index contributed by atoms with van der Waals surface area (Å²) in [4.78, 5) is 18.2. The smallest absolute Gasteiger partial charge is 0.265 e. The van der Waals surface area contributed by atoms with Gasteiger partial charge in [-0.3, -0.25) is 4.79 Å². The monoisotopic (exact) mass is 240 g/mol. The second-order valence-electron chi connectivity index (χ2n) is 3.22. The molecule has 0 atom stereocenters. The van der Waals surface area contributed by atoms with Crippen LogP contribution in [0.1, 0.15) is 16.6 Å². The number of amides is 1. The van der Waals surface area contributed by atoms with Gasteiger partial charge in [-0.15, -0.1) is 6.58 Å². The minimum absolute atomic E-state index is 0.203. The van der Waals surface area contributed by atoms with E-state index in [0.29, 0.717) is 11.4 Å². The minimum atomic E-state index is -0.203. The summed E-state index contributed by atoms with van der Waals surface area (Å²) in [5, 5.41) is 3.43. The van der Waals surface area contributed by atoms with Crippen LogP contribution in [0.3, 0.4) is 0 Å². The van der Waals surface area contributed by atoms with E-state index in [1.54, 1.807) is 6.08 Å². The Kier molecular flexibility index (Phi) is 4.30. The Balaban J connectivity index is 2.84. The highest BCUT2D eigenvalue weighted by Gasteiger charge is 2.16. The second-order valence-corrected chi connectivity index (χ2v) is 4.20. The predicted molar refractivity (Wildman–Crippen MR) is 68.0 cm³/mol. The number of anilines is 2. The van der Waals surface area contributed by atoms with E-state index in [9.17, 15) is 4.79 Å². The van der Waals surface area contributed by atoms with E-state index in [2.05, 4.69) is 16.9 Å². The standard InChI is InChI=1S/C10H16N4OS/c1-4-6-12-9(15)7-8(11)13-10(16-7)14(3)5-2/h4H,1,5-6,11H2,2-3H3,(H,12,15). The summed E-state index contributed by atoms with van der Waals surface area (Å²) < 4.78 is 0. The van der Waals surface area contributed by atoms with E-state index in [1.165, 1.54) is 11.3 Å². The average Bonchev–Trinajstić information content (AvgIpc) is 2.67. The Morgan fingerprint density at radius 2 is 2.44 bits per heavy atom. The van der Waals surface area contributed by atoms with Crippen LogP contribution in [-0.2, 0) is 0 Å². The maximum Gasteiger partial charge on any atom is 0.265 e. The van der Waals surface area contributed by atoms with Gasteiger partial charge in [-0.1, -0.05) is 17.4 Å². The number of carbonyl (C=O) groups excluding carboxylic acids is 1. The maximum atomic E-state index is 11.7. The van der Waals surface area contributed by atoms with Crippen LogP contribution in [0.2, 0.25) is 0 Å². The zero-order chi connectivity index (χ0) is 12.1. The molecule has 88 valence electrons. The molecule has 6 heteroatoms. The van der Waals surface area contributed by atoms with E-state index in [0.717, 1.165) is 11.7 Å². The van der Waals surface area contributed by atoms with Crippen molar-refractivity contribution in [1.29, 1.82) is 0 Å². The Morgan fingerprint density at radius 1 is 1.75 bits per heavy atom. The van der Waals surface area contributed by atoms with Gasteiger partial charge in [-0.05, 0) is 6.92 Å². The number of aromatic nitrogens is 1. The van der Waals surface area contributed by atoms with Crippen LogP contribution in [-0.4, -0.2) is 31.0 Å². The lowest BCUT2D eigenvalue weighted by molar-refractivity contribution is 0.0962. The molecule has 1 heterocycles. The molecule has 1 aromatic rings. The highest BCUT2D eigenvalue weighted by molar-refractivity contribution is 7.18. The quantitative estimate of drug-likeness (QED) is 0.756. The van der Waals surface area contributed by atoms with Crippen molar-refractivity contribution < 1.29 is 4.79 Å². The number of carbonyl (C=O) groups is 1. The SMILES string of the molecule is C=CCNC(=O)c1sc(N(C)CC)nc1N. The molecule has 0 bridgehead atoms. The van der Waals surface area contributed by atoms with Crippen molar-refractivity contribution in [3.05, 3.63) is 17.5 Å². The van der Waals surface area contributed by atoms with Crippen LogP contribution in [0, 0.1) is 0 Å². The molecular weight excluding hydrogens is 224 g/mol. The topological polar surface area (TPSA) is 71.2 Å². The number of nitrogens with zero attached hydrogens (tertiary/aromatic N) is 2.